The normalized spacial score (nSPS) is 11.5. The summed E-state index contributed by atoms with van der Waals surface area (Å²) in [6.45, 7) is 1.38. The number of methoxy groups -OCH3 is 2. The largest absolute Gasteiger partial charge is 0.497 e. The van der Waals surface area contributed by atoms with Crippen molar-refractivity contribution in [3.05, 3.63) is 59.5 Å². The van der Waals surface area contributed by atoms with Crippen LogP contribution in [0.1, 0.15) is 11.1 Å². The molecule has 3 rings (SSSR count). The van der Waals surface area contributed by atoms with Gasteiger partial charge in [-0.15, -0.1) is 0 Å². The predicted molar refractivity (Wildman–Crippen MR) is 115 cm³/mol. The zero-order valence-corrected chi connectivity index (χ0v) is 17.0. The number of nitrogens with zero attached hydrogens (tertiary/aromatic N) is 1. The first-order valence-electron chi connectivity index (χ1n) is 9.55. The number of aliphatic imine (C=N–C) groups is 1. The maximum Gasteiger partial charge on any atom is 0.190 e. The molecule has 29 heavy (non-hydrogen) atoms. The first kappa shape index (κ1) is 20.5. The number of ether oxygens (including phenoxy) is 2. The molecule has 0 bridgehead atoms. The highest BCUT2D eigenvalue weighted by Gasteiger charge is 2.07. The van der Waals surface area contributed by atoms with Crippen molar-refractivity contribution in [1.29, 1.82) is 0 Å². The van der Waals surface area contributed by atoms with Crippen molar-refractivity contribution in [1.82, 2.24) is 15.6 Å². The van der Waals surface area contributed by atoms with Crippen LogP contribution in [0, 0.1) is 5.82 Å². The monoisotopic (exact) mass is 398 g/mol. The van der Waals surface area contributed by atoms with Crippen molar-refractivity contribution < 1.29 is 13.9 Å². The molecule has 1 aromatic heterocycles. The van der Waals surface area contributed by atoms with Crippen LogP contribution in [0.25, 0.3) is 10.9 Å². The molecule has 7 heteroatoms. The lowest BCUT2D eigenvalue weighted by Gasteiger charge is -2.14. The quantitative estimate of drug-likeness (QED) is 0.402. The van der Waals surface area contributed by atoms with Gasteiger partial charge in [-0.3, -0.25) is 4.99 Å². The second-order valence-electron chi connectivity index (χ2n) is 6.61. The third kappa shape index (κ3) is 5.19. The molecule has 154 valence electrons. The molecule has 0 saturated carbocycles. The Morgan fingerprint density at radius 1 is 1.00 bits per heavy atom. The molecule has 1 heterocycles. The number of halogens is 1. The molecule has 0 aliphatic rings. The summed E-state index contributed by atoms with van der Waals surface area (Å²) in [5, 5.41) is 7.52. The SMILES string of the molecule is CN=C(NCCc1cc(OC)ccc1OC)NCCc1c[nH]c2ccc(F)cc12. The zero-order valence-electron chi connectivity index (χ0n) is 17.0. The summed E-state index contributed by atoms with van der Waals surface area (Å²) in [4.78, 5) is 7.44. The molecule has 6 nitrogen and oxygen atoms in total. The van der Waals surface area contributed by atoms with Crippen LogP contribution in [0.5, 0.6) is 11.5 Å². The Morgan fingerprint density at radius 3 is 2.45 bits per heavy atom. The molecule has 0 radical (unpaired) electrons. The summed E-state index contributed by atoms with van der Waals surface area (Å²) in [7, 11) is 5.05. The fraction of sp³-hybridized carbons (Fsp3) is 0.318. The van der Waals surface area contributed by atoms with E-state index in [2.05, 4.69) is 20.6 Å². The fourth-order valence-electron chi connectivity index (χ4n) is 3.29. The molecule has 3 N–H and O–H groups in total. The van der Waals surface area contributed by atoms with Gasteiger partial charge in [0.2, 0.25) is 0 Å². The van der Waals surface area contributed by atoms with E-state index in [1.54, 1.807) is 33.4 Å². The minimum atomic E-state index is -0.225. The number of guanidine groups is 1. The van der Waals surface area contributed by atoms with E-state index in [0.29, 0.717) is 13.1 Å². The third-order valence-corrected chi connectivity index (χ3v) is 4.81. The average Bonchev–Trinajstić information content (AvgIpc) is 3.14. The first-order chi connectivity index (χ1) is 14.1. The van der Waals surface area contributed by atoms with Crippen LogP contribution < -0.4 is 20.1 Å². The molecule has 0 saturated heterocycles. The van der Waals surface area contributed by atoms with Gasteiger partial charge in [0.15, 0.2) is 5.96 Å². The summed E-state index contributed by atoms with van der Waals surface area (Å²) in [5.41, 5.74) is 3.08. The van der Waals surface area contributed by atoms with Gasteiger partial charge in [0, 0.05) is 37.2 Å². The lowest BCUT2D eigenvalue weighted by molar-refractivity contribution is 0.398. The molecule has 0 spiro atoms. The van der Waals surface area contributed by atoms with E-state index < -0.39 is 0 Å². The van der Waals surface area contributed by atoms with Crippen molar-refractivity contribution in [2.45, 2.75) is 12.8 Å². The van der Waals surface area contributed by atoms with Crippen molar-refractivity contribution >= 4 is 16.9 Å². The van der Waals surface area contributed by atoms with Gasteiger partial charge in [-0.1, -0.05) is 0 Å². The van der Waals surface area contributed by atoms with Gasteiger partial charge in [-0.05, 0) is 60.4 Å². The minimum Gasteiger partial charge on any atom is -0.497 e. The van der Waals surface area contributed by atoms with Crippen LogP contribution in [0.15, 0.2) is 47.6 Å². The Morgan fingerprint density at radius 2 is 1.76 bits per heavy atom. The Hall–Kier alpha value is -3.22. The predicted octanol–water partition coefficient (Wildman–Crippen LogP) is 3.27. The van der Waals surface area contributed by atoms with Crippen molar-refractivity contribution in [3.8, 4) is 11.5 Å². The lowest BCUT2D eigenvalue weighted by Crippen LogP contribution is -2.39. The molecule has 0 atom stereocenters. The number of benzene rings is 2. The van der Waals surface area contributed by atoms with E-state index in [0.717, 1.165) is 52.3 Å². The zero-order chi connectivity index (χ0) is 20.6. The van der Waals surface area contributed by atoms with Crippen LogP contribution in [0.2, 0.25) is 0 Å². The van der Waals surface area contributed by atoms with Gasteiger partial charge in [-0.2, -0.15) is 0 Å². The summed E-state index contributed by atoms with van der Waals surface area (Å²) >= 11 is 0. The van der Waals surface area contributed by atoms with Crippen molar-refractivity contribution in [3.63, 3.8) is 0 Å². The maximum absolute atomic E-state index is 13.5. The molecule has 2 aromatic carbocycles. The smallest absolute Gasteiger partial charge is 0.190 e. The molecular weight excluding hydrogens is 371 g/mol. The van der Waals surface area contributed by atoms with Gasteiger partial charge in [0.1, 0.15) is 17.3 Å². The number of H-pyrrole nitrogens is 1. The highest BCUT2D eigenvalue weighted by Crippen LogP contribution is 2.24. The Labute approximate surface area is 170 Å². The molecule has 3 aromatic rings. The van der Waals surface area contributed by atoms with Gasteiger partial charge in [0.25, 0.3) is 0 Å². The highest BCUT2D eigenvalue weighted by molar-refractivity contribution is 5.83. The van der Waals surface area contributed by atoms with Crippen molar-refractivity contribution in [2.24, 2.45) is 4.99 Å². The molecule has 0 unspecified atom stereocenters. The van der Waals surface area contributed by atoms with Crippen LogP contribution in [0.3, 0.4) is 0 Å². The number of aromatic amines is 1. The van der Waals surface area contributed by atoms with Gasteiger partial charge < -0.3 is 25.1 Å². The maximum atomic E-state index is 13.5. The second-order valence-corrected chi connectivity index (χ2v) is 6.61. The van der Waals surface area contributed by atoms with E-state index in [1.165, 1.54) is 6.07 Å². The first-order valence-corrected chi connectivity index (χ1v) is 9.55. The Balaban J connectivity index is 1.50. The van der Waals surface area contributed by atoms with E-state index >= 15 is 0 Å². The number of fused-ring (bicyclic) bond motifs is 1. The minimum absolute atomic E-state index is 0.225. The Bertz CT molecular complexity index is 984. The van der Waals surface area contributed by atoms with E-state index in [-0.39, 0.29) is 5.82 Å². The van der Waals surface area contributed by atoms with Crippen LogP contribution >= 0.6 is 0 Å². The second kappa shape index (κ2) is 9.82. The third-order valence-electron chi connectivity index (χ3n) is 4.81. The fourth-order valence-corrected chi connectivity index (χ4v) is 3.29. The van der Waals surface area contributed by atoms with E-state index in [1.807, 2.05) is 24.4 Å². The molecular formula is C22H27FN4O2. The van der Waals surface area contributed by atoms with Gasteiger partial charge in [-0.25, -0.2) is 4.39 Å². The molecule has 0 fully saturated rings. The summed E-state index contributed by atoms with van der Waals surface area (Å²) in [6, 6.07) is 10.6. The van der Waals surface area contributed by atoms with Crippen LogP contribution in [-0.2, 0) is 12.8 Å². The van der Waals surface area contributed by atoms with Crippen LogP contribution in [-0.4, -0.2) is 45.3 Å². The van der Waals surface area contributed by atoms with E-state index in [9.17, 15) is 4.39 Å². The van der Waals surface area contributed by atoms with Crippen LogP contribution in [0.4, 0.5) is 4.39 Å². The molecule has 0 aliphatic carbocycles. The number of rotatable bonds is 8. The lowest BCUT2D eigenvalue weighted by atomic mass is 10.1. The number of aromatic nitrogens is 1. The van der Waals surface area contributed by atoms with Crippen molar-refractivity contribution in [2.75, 3.05) is 34.4 Å². The topological polar surface area (TPSA) is 70.7 Å². The number of hydrogen-bond acceptors (Lipinski definition) is 3. The Kier molecular flexibility index (Phi) is 6.94. The molecule has 0 aliphatic heterocycles. The summed E-state index contributed by atoms with van der Waals surface area (Å²) in [6.07, 6.45) is 3.45. The number of hydrogen-bond donors (Lipinski definition) is 3. The average molecular weight is 398 g/mol. The summed E-state index contributed by atoms with van der Waals surface area (Å²) < 4.78 is 24.2. The van der Waals surface area contributed by atoms with Gasteiger partial charge >= 0.3 is 0 Å². The number of nitrogens with one attached hydrogen (secondary N) is 3. The van der Waals surface area contributed by atoms with E-state index in [4.69, 9.17) is 9.47 Å². The highest BCUT2D eigenvalue weighted by atomic mass is 19.1. The molecule has 0 amide bonds. The summed E-state index contributed by atoms with van der Waals surface area (Å²) in [5.74, 6) is 2.13. The van der Waals surface area contributed by atoms with Gasteiger partial charge in [0.05, 0.1) is 14.2 Å². The standard InChI is InChI=1S/C22H27FN4O2/c1-24-22(25-10-8-15-12-18(28-2)5-7-21(15)29-3)26-11-9-16-14-27-20-6-4-17(23)13-19(16)20/h4-7,12-14,27H,8-11H2,1-3H3,(H2,24,25,26).